The molecule has 26 heavy (non-hydrogen) atoms. The van der Waals surface area contributed by atoms with Gasteiger partial charge in [-0.05, 0) is 70.1 Å². The Labute approximate surface area is 165 Å². The van der Waals surface area contributed by atoms with Gasteiger partial charge in [0.25, 0.3) is 5.91 Å². The fourth-order valence-electron chi connectivity index (χ4n) is 2.86. The lowest BCUT2D eigenvalue weighted by molar-refractivity contribution is -0.110. The van der Waals surface area contributed by atoms with Gasteiger partial charge >= 0.3 is 0 Å². The Morgan fingerprint density at radius 1 is 0.923 bits per heavy atom. The summed E-state index contributed by atoms with van der Waals surface area (Å²) < 4.78 is 7.04. The van der Waals surface area contributed by atoms with Crippen LogP contribution in [0.2, 0.25) is 0 Å². The number of carbonyl (C=O) groups excluding carboxylic acids is 1. The van der Waals surface area contributed by atoms with Crippen LogP contribution >= 0.6 is 22.6 Å². The van der Waals surface area contributed by atoms with Crippen molar-refractivity contribution < 1.29 is 9.53 Å². The van der Waals surface area contributed by atoms with Gasteiger partial charge in [-0.1, -0.05) is 42.5 Å². The number of nitrogens with one attached hydrogen (secondary N) is 1. The Balaban J connectivity index is 1.48. The van der Waals surface area contributed by atoms with Gasteiger partial charge in [0.05, 0.1) is 0 Å². The number of halogens is 1. The molecule has 1 aliphatic rings. The van der Waals surface area contributed by atoms with E-state index in [9.17, 15) is 4.79 Å². The molecule has 1 aliphatic heterocycles. The number of fused-ring (bicyclic) bond motifs is 1. The van der Waals surface area contributed by atoms with Gasteiger partial charge in [-0.15, -0.1) is 0 Å². The van der Waals surface area contributed by atoms with Crippen LogP contribution in [-0.4, -0.2) is 5.91 Å². The van der Waals surface area contributed by atoms with E-state index in [1.54, 1.807) is 0 Å². The normalized spacial score (nSPS) is 14.2. The molecule has 0 bridgehead atoms. The second-order valence-corrected chi connectivity index (χ2v) is 7.29. The molecule has 0 spiro atoms. The van der Waals surface area contributed by atoms with E-state index in [4.69, 9.17) is 4.74 Å². The van der Waals surface area contributed by atoms with Gasteiger partial charge in [-0.2, -0.15) is 0 Å². The largest absolute Gasteiger partial charge is 0.489 e. The Morgan fingerprint density at radius 3 is 2.42 bits per heavy atom. The number of amides is 1. The maximum absolute atomic E-state index is 12.2. The summed E-state index contributed by atoms with van der Waals surface area (Å²) in [6.45, 7) is 0.535. The first-order chi connectivity index (χ1) is 12.7. The molecule has 0 saturated heterocycles. The van der Waals surface area contributed by atoms with Crippen molar-refractivity contribution in [1.29, 1.82) is 0 Å². The molecule has 0 aliphatic carbocycles. The number of ether oxygens (including phenoxy) is 1. The lowest BCUT2D eigenvalue weighted by atomic mass is 10.0. The van der Waals surface area contributed by atoms with Crippen molar-refractivity contribution >= 4 is 45.8 Å². The summed E-state index contributed by atoms with van der Waals surface area (Å²) in [5, 5.41) is 2.89. The first-order valence-corrected chi connectivity index (χ1v) is 9.37. The molecular weight excluding hydrogens is 437 g/mol. The Morgan fingerprint density at radius 2 is 1.65 bits per heavy atom. The van der Waals surface area contributed by atoms with Gasteiger partial charge in [0.2, 0.25) is 0 Å². The van der Waals surface area contributed by atoms with Crippen LogP contribution in [0.25, 0.3) is 11.6 Å². The monoisotopic (exact) mass is 453 g/mol. The van der Waals surface area contributed by atoms with Crippen molar-refractivity contribution in [3.05, 3.63) is 93.1 Å². The molecule has 128 valence electrons. The molecule has 3 nitrogen and oxygen atoms in total. The van der Waals surface area contributed by atoms with Gasteiger partial charge in [0.15, 0.2) is 0 Å². The molecule has 1 amide bonds. The van der Waals surface area contributed by atoms with Crippen molar-refractivity contribution in [1.82, 2.24) is 0 Å². The summed E-state index contributed by atoms with van der Waals surface area (Å²) >= 11 is 2.29. The van der Waals surface area contributed by atoms with Crippen LogP contribution in [0, 0.1) is 3.57 Å². The SMILES string of the molecule is O=C1Nc2ccccc2/C1=C/c1ccc(OCc2ccc(I)cc2)cc1. The van der Waals surface area contributed by atoms with E-state index in [0.717, 1.165) is 28.1 Å². The van der Waals surface area contributed by atoms with E-state index >= 15 is 0 Å². The quantitative estimate of drug-likeness (QED) is 0.427. The van der Waals surface area contributed by atoms with Gasteiger partial charge in [0.1, 0.15) is 12.4 Å². The number of benzene rings is 3. The molecule has 1 heterocycles. The van der Waals surface area contributed by atoms with Crippen LogP contribution in [0.5, 0.6) is 5.75 Å². The summed E-state index contributed by atoms with van der Waals surface area (Å²) in [5.41, 5.74) is 4.59. The van der Waals surface area contributed by atoms with Crippen molar-refractivity contribution in [3.63, 3.8) is 0 Å². The fourth-order valence-corrected chi connectivity index (χ4v) is 3.22. The summed E-state index contributed by atoms with van der Waals surface area (Å²) in [6, 6.07) is 23.8. The first-order valence-electron chi connectivity index (χ1n) is 8.29. The number of para-hydroxylation sites is 1. The second kappa shape index (κ2) is 7.33. The van der Waals surface area contributed by atoms with Gasteiger partial charge in [-0.25, -0.2) is 0 Å². The van der Waals surface area contributed by atoms with E-state index in [1.165, 1.54) is 3.57 Å². The Hall–Kier alpha value is -2.60. The molecule has 0 unspecified atom stereocenters. The first kappa shape index (κ1) is 16.8. The summed E-state index contributed by atoms with van der Waals surface area (Å²) in [4.78, 5) is 12.2. The number of hydrogen-bond acceptors (Lipinski definition) is 2. The average molecular weight is 453 g/mol. The third kappa shape index (κ3) is 3.65. The standard InChI is InChI=1S/C22H16INO2/c23-17-9-5-16(6-10-17)14-26-18-11-7-15(8-12-18)13-20-19-3-1-2-4-21(19)24-22(20)25/h1-13H,14H2,(H,24,25)/b20-13-. The van der Waals surface area contributed by atoms with Crippen molar-refractivity contribution in [3.8, 4) is 5.75 Å². The maximum atomic E-state index is 12.2. The van der Waals surface area contributed by atoms with E-state index < -0.39 is 0 Å². The minimum Gasteiger partial charge on any atom is -0.489 e. The van der Waals surface area contributed by atoms with Crippen molar-refractivity contribution in [2.45, 2.75) is 6.61 Å². The third-order valence-corrected chi connectivity index (χ3v) is 4.94. The number of rotatable bonds is 4. The van der Waals surface area contributed by atoms with Crippen LogP contribution in [0.1, 0.15) is 16.7 Å². The molecule has 0 atom stereocenters. The van der Waals surface area contributed by atoms with E-state index in [2.05, 4.69) is 52.2 Å². The summed E-state index contributed by atoms with van der Waals surface area (Å²) in [7, 11) is 0. The molecule has 3 aromatic carbocycles. The summed E-state index contributed by atoms with van der Waals surface area (Å²) in [5.74, 6) is 0.743. The zero-order valence-electron chi connectivity index (χ0n) is 13.9. The average Bonchev–Trinajstić information content (AvgIpc) is 2.98. The predicted molar refractivity (Wildman–Crippen MR) is 113 cm³/mol. The lowest BCUT2D eigenvalue weighted by Crippen LogP contribution is -2.03. The topological polar surface area (TPSA) is 38.3 Å². The highest BCUT2D eigenvalue weighted by Crippen LogP contribution is 2.32. The molecule has 0 radical (unpaired) electrons. The van der Waals surface area contributed by atoms with Crippen LogP contribution in [0.15, 0.2) is 72.8 Å². The minimum atomic E-state index is -0.0646. The molecule has 4 rings (SSSR count). The number of anilines is 1. The number of hydrogen-bond donors (Lipinski definition) is 1. The molecule has 3 aromatic rings. The predicted octanol–water partition coefficient (Wildman–Crippen LogP) is 5.36. The van der Waals surface area contributed by atoms with Crippen molar-refractivity contribution in [2.24, 2.45) is 0 Å². The van der Waals surface area contributed by atoms with Crippen molar-refractivity contribution in [2.75, 3.05) is 5.32 Å². The molecule has 0 saturated carbocycles. The van der Waals surface area contributed by atoms with Gasteiger partial charge < -0.3 is 10.1 Å². The Bertz CT molecular complexity index is 976. The van der Waals surface area contributed by atoms with Gasteiger partial charge in [-0.3, -0.25) is 4.79 Å². The number of carbonyl (C=O) groups is 1. The minimum absolute atomic E-state index is 0.0646. The van der Waals surface area contributed by atoms with E-state index in [-0.39, 0.29) is 5.91 Å². The maximum Gasteiger partial charge on any atom is 0.256 e. The van der Waals surface area contributed by atoms with Crippen LogP contribution in [-0.2, 0) is 11.4 Å². The highest BCUT2D eigenvalue weighted by atomic mass is 127. The smallest absolute Gasteiger partial charge is 0.256 e. The molecule has 0 fully saturated rings. The van der Waals surface area contributed by atoms with Crippen LogP contribution < -0.4 is 10.1 Å². The Kier molecular flexibility index (Phi) is 4.75. The zero-order chi connectivity index (χ0) is 17.9. The van der Waals surface area contributed by atoms with Gasteiger partial charge in [0, 0.05) is 20.4 Å². The highest BCUT2D eigenvalue weighted by Gasteiger charge is 2.23. The van der Waals surface area contributed by atoms with Crippen LogP contribution in [0.4, 0.5) is 5.69 Å². The van der Waals surface area contributed by atoms with E-state index in [1.807, 2.05) is 54.6 Å². The van der Waals surface area contributed by atoms with E-state index in [0.29, 0.717) is 12.2 Å². The molecule has 0 aromatic heterocycles. The lowest BCUT2D eigenvalue weighted by Gasteiger charge is -2.07. The second-order valence-electron chi connectivity index (χ2n) is 6.04. The van der Waals surface area contributed by atoms with Crippen LogP contribution in [0.3, 0.4) is 0 Å². The highest BCUT2D eigenvalue weighted by molar-refractivity contribution is 14.1. The fraction of sp³-hybridized carbons (Fsp3) is 0.0455. The molecular formula is C22H16INO2. The third-order valence-electron chi connectivity index (χ3n) is 4.22. The summed E-state index contributed by atoms with van der Waals surface area (Å²) in [6.07, 6.45) is 1.91. The molecule has 1 N–H and O–H groups in total. The molecule has 4 heteroatoms. The zero-order valence-corrected chi connectivity index (χ0v) is 16.1.